The second kappa shape index (κ2) is 10.4. The third kappa shape index (κ3) is 5.37. The van der Waals surface area contributed by atoms with Crippen molar-refractivity contribution in [1.82, 2.24) is 14.7 Å². The van der Waals surface area contributed by atoms with E-state index in [-0.39, 0.29) is 5.91 Å². The van der Waals surface area contributed by atoms with Crippen LogP contribution in [-0.4, -0.2) is 46.8 Å². The molecule has 1 aromatic heterocycles. The van der Waals surface area contributed by atoms with Crippen LogP contribution in [0.25, 0.3) is 6.08 Å². The fourth-order valence-electron chi connectivity index (χ4n) is 4.38. The van der Waals surface area contributed by atoms with Gasteiger partial charge >= 0.3 is 0 Å². The van der Waals surface area contributed by atoms with Gasteiger partial charge in [-0.3, -0.25) is 9.48 Å². The Morgan fingerprint density at radius 3 is 2.44 bits per heavy atom. The topological polar surface area (TPSA) is 65.2 Å². The average Bonchev–Trinajstić information content (AvgIpc) is 3.00. The minimum Gasteiger partial charge on any atom is -0.370 e. The quantitative estimate of drug-likeness (QED) is 0.534. The number of aromatic nitrogens is 2. The first-order valence-electron chi connectivity index (χ1n) is 11.8. The third-order valence-electron chi connectivity index (χ3n) is 6.45. The molecule has 2 heterocycles. The second-order valence-electron chi connectivity index (χ2n) is 8.89. The van der Waals surface area contributed by atoms with E-state index in [0.717, 1.165) is 48.7 Å². The van der Waals surface area contributed by atoms with Crippen LogP contribution in [0.15, 0.2) is 54.6 Å². The van der Waals surface area contributed by atoms with Gasteiger partial charge < -0.3 is 9.80 Å². The molecule has 6 nitrogen and oxygen atoms in total. The van der Waals surface area contributed by atoms with Gasteiger partial charge in [0.2, 0.25) is 5.91 Å². The fraction of sp³-hybridized carbons (Fsp3) is 0.321. The number of nitrogens with zero attached hydrogens (tertiary/aromatic N) is 5. The number of carbonyl (C=O) groups is 1. The lowest BCUT2D eigenvalue weighted by molar-refractivity contribution is -0.125. The normalized spacial score (nSPS) is 14.3. The number of anilines is 1. The SMILES string of the molecule is Cc1ccc(Cn2nc(C)c(/C=C/C(=O)N3CCCN(c4ccc(C#N)cc4)CC3)c2C)cc1. The Kier molecular flexibility index (Phi) is 7.12. The largest absolute Gasteiger partial charge is 0.370 e. The van der Waals surface area contributed by atoms with Gasteiger partial charge in [0.1, 0.15) is 0 Å². The molecule has 0 bridgehead atoms. The maximum Gasteiger partial charge on any atom is 0.246 e. The van der Waals surface area contributed by atoms with Crippen molar-refractivity contribution in [3.8, 4) is 6.07 Å². The first-order chi connectivity index (χ1) is 16.4. The number of aryl methyl sites for hydroxylation is 2. The predicted octanol–water partition coefficient (Wildman–Crippen LogP) is 4.48. The van der Waals surface area contributed by atoms with Crippen molar-refractivity contribution in [3.63, 3.8) is 0 Å². The molecule has 0 unspecified atom stereocenters. The van der Waals surface area contributed by atoms with Crippen LogP contribution in [0, 0.1) is 32.1 Å². The summed E-state index contributed by atoms with van der Waals surface area (Å²) in [6.45, 7) is 9.92. The lowest BCUT2D eigenvalue weighted by Gasteiger charge is -2.23. The Morgan fingerprint density at radius 2 is 1.74 bits per heavy atom. The summed E-state index contributed by atoms with van der Waals surface area (Å²) < 4.78 is 2.01. The van der Waals surface area contributed by atoms with Crippen LogP contribution < -0.4 is 4.90 Å². The molecule has 1 aliphatic heterocycles. The van der Waals surface area contributed by atoms with Crippen LogP contribution in [0.5, 0.6) is 0 Å². The van der Waals surface area contributed by atoms with Crippen LogP contribution in [0.4, 0.5) is 5.69 Å². The number of rotatable bonds is 5. The molecule has 0 saturated carbocycles. The Labute approximate surface area is 201 Å². The van der Waals surface area contributed by atoms with Gasteiger partial charge in [-0.25, -0.2) is 0 Å². The van der Waals surface area contributed by atoms with Crippen LogP contribution >= 0.6 is 0 Å². The highest BCUT2D eigenvalue weighted by atomic mass is 16.2. The van der Waals surface area contributed by atoms with Crippen molar-refractivity contribution in [2.24, 2.45) is 0 Å². The smallest absolute Gasteiger partial charge is 0.246 e. The highest BCUT2D eigenvalue weighted by Gasteiger charge is 2.18. The predicted molar refractivity (Wildman–Crippen MR) is 136 cm³/mol. The van der Waals surface area contributed by atoms with Crippen molar-refractivity contribution in [2.75, 3.05) is 31.1 Å². The van der Waals surface area contributed by atoms with Crippen LogP contribution in [0.2, 0.25) is 0 Å². The maximum absolute atomic E-state index is 13.0. The van der Waals surface area contributed by atoms with Crippen LogP contribution in [-0.2, 0) is 11.3 Å². The number of carbonyl (C=O) groups excluding carboxylic acids is 1. The van der Waals surface area contributed by atoms with Crippen molar-refractivity contribution < 1.29 is 4.79 Å². The third-order valence-corrected chi connectivity index (χ3v) is 6.45. The average molecular weight is 454 g/mol. The van der Waals surface area contributed by atoms with Gasteiger partial charge in [0.25, 0.3) is 0 Å². The lowest BCUT2D eigenvalue weighted by atomic mass is 10.1. The summed E-state index contributed by atoms with van der Waals surface area (Å²) in [6, 6.07) is 18.3. The van der Waals surface area contributed by atoms with E-state index >= 15 is 0 Å². The van der Waals surface area contributed by atoms with E-state index in [9.17, 15) is 4.79 Å². The standard InChI is InChI=1S/C28H31N5O/c1-21-5-7-25(8-6-21)20-33-23(3)27(22(2)30-33)13-14-28(34)32-16-4-15-31(17-18-32)26-11-9-24(19-29)10-12-26/h5-14H,4,15-18,20H2,1-3H3/b14-13+. The van der Waals surface area contributed by atoms with Crippen molar-refractivity contribution in [3.05, 3.63) is 88.2 Å². The van der Waals surface area contributed by atoms with E-state index < -0.39 is 0 Å². The number of hydrogen-bond acceptors (Lipinski definition) is 4. The molecular formula is C28H31N5O. The van der Waals surface area contributed by atoms with E-state index in [2.05, 4.69) is 49.1 Å². The first-order valence-corrected chi connectivity index (χ1v) is 11.8. The van der Waals surface area contributed by atoms with Crippen molar-refractivity contribution in [1.29, 1.82) is 5.26 Å². The Hall–Kier alpha value is -3.85. The zero-order valence-corrected chi connectivity index (χ0v) is 20.2. The van der Waals surface area contributed by atoms with Gasteiger partial charge in [-0.1, -0.05) is 29.8 Å². The molecule has 4 rings (SSSR count). The highest BCUT2D eigenvalue weighted by Crippen LogP contribution is 2.19. The molecule has 1 aliphatic rings. The molecule has 174 valence electrons. The van der Waals surface area contributed by atoms with E-state index in [1.807, 2.05) is 46.8 Å². The van der Waals surface area contributed by atoms with E-state index in [4.69, 9.17) is 10.4 Å². The number of benzene rings is 2. The Bertz CT molecular complexity index is 1220. The molecular weight excluding hydrogens is 422 g/mol. The molecule has 6 heteroatoms. The highest BCUT2D eigenvalue weighted by molar-refractivity contribution is 5.92. The minimum absolute atomic E-state index is 0.0340. The van der Waals surface area contributed by atoms with Gasteiger partial charge in [0.05, 0.1) is 23.9 Å². The summed E-state index contributed by atoms with van der Waals surface area (Å²) in [5, 5.41) is 13.7. The van der Waals surface area contributed by atoms with E-state index in [0.29, 0.717) is 18.7 Å². The van der Waals surface area contributed by atoms with Gasteiger partial charge in [0, 0.05) is 49.2 Å². The molecule has 1 fully saturated rings. The number of amides is 1. The molecule has 34 heavy (non-hydrogen) atoms. The molecule has 0 radical (unpaired) electrons. The molecule has 0 atom stereocenters. The fourth-order valence-corrected chi connectivity index (χ4v) is 4.38. The zero-order chi connectivity index (χ0) is 24.1. The van der Waals surface area contributed by atoms with E-state index in [1.54, 1.807) is 6.08 Å². The molecule has 3 aromatic rings. The van der Waals surface area contributed by atoms with Crippen molar-refractivity contribution in [2.45, 2.75) is 33.7 Å². The summed E-state index contributed by atoms with van der Waals surface area (Å²) >= 11 is 0. The van der Waals surface area contributed by atoms with E-state index in [1.165, 1.54) is 11.1 Å². The zero-order valence-electron chi connectivity index (χ0n) is 20.2. The summed E-state index contributed by atoms with van der Waals surface area (Å²) in [6.07, 6.45) is 4.51. The molecule has 1 saturated heterocycles. The maximum atomic E-state index is 13.0. The summed E-state index contributed by atoms with van der Waals surface area (Å²) in [5.74, 6) is 0.0340. The number of nitriles is 1. The first kappa shape index (κ1) is 23.3. The van der Waals surface area contributed by atoms with Crippen molar-refractivity contribution >= 4 is 17.7 Å². The summed E-state index contributed by atoms with van der Waals surface area (Å²) in [5.41, 5.74) is 7.20. The monoisotopic (exact) mass is 453 g/mol. The van der Waals surface area contributed by atoms with Gasteiger partial charge in [0.15, 0.2) is 0 Å². The summed E-state index contributed by atoms with van der Waals surface area (Å²) in [7, 11) is 0. The lowest BCUT2D eigenvalue weighted by Crippen LogP contribution is -2.34. The minimum atomic E-state index is 0.0340. The number of hydrogen-bond donors (Lipinski definition) is 0. The summed E-state index contributed by atoms with van der Waals surface area (Å²) in [4.78, 5) is 17.2. The molecule has 2 aromatic carbocycles. The molecule has 0 spiro atoms. The Balaban J connectivity index is 1.40. The molecule has 0 N–H and O–H groups in total. The van der Waals surface area contributed by atoms with Gasteiger partial charge in [-0.2, -0.15) is 10.4 Å². The second-order valence-corrected chi connectivity index (χ2v) is 8.89. The molecule has 0 aliphatic carbocycles. The molecule has 1 amide bonds. The van der Waals surface area contributed by atoms with Gasteiger partial charge in [-0.05, 0) is 63.1 Å². The Morgan fingerprint density at radius 1 is 1.00 bits per heavy atom. The van der Waals surface area contributed by atoms with Crippen LogP contribution in [0.3, 0.4) is 0 Å². The van der Waals surface area contributed by atoms with Crippen LogP contribution in [0.1, 0.15) is 40.1 Å². The van der Waals surface area contributed by atoms with Gasteiger partial charge in [-0.15, -0.1) is 0 Å².